The summed E-state index contributed by atoms with van der Waals surface area (Å²) in [6.07, 6.45) is 3.79. The number of rotatable bonds is 2. The summed E-state index contributed by atoms with van der Waals surface area (Å²) in [5.41, 5.74) is 0. The van der Waals surface area contributed by atoms with E-state index >= 15 is 0 Å². The largest absolute Gasteiger partial charge is 0.477 e. The monoisotopic (exact) mass is 280 g/mol. The first-order valence-corrected chi connectivity index (χ1v) is 7.75. The number of hydrogen-bond acceptors (Lipinski definition) is 4. The highest BCUT2D eigenvalue weighted by atomic mass is 32.1. The van der Waals surface area contributed by atoms with Crippen LogP contribution in [0.2, 0.25) is 0 Å². The average molecular weight is 280 g/mol. The van der Waals surface area contributed by atoms with Gasteiger partial charge >= 0.3 is 5.97 Å². The van der Waals surface area contributed by atoms with Crippen LogP contribution in [0, 0.1) is 5.92 Å². The van der Waals surface area contributed by atoms with Crippen molar-refractivity contribution in [2.24, 2.45) is 5.92 Å². The van der Waals surface area contributed by atoms with Crippen molar-refractivity contribution in [3.05, 3.63) is 17.0 Å². The molecule has 0 spiro atoms. The van der Waals surface area contributed by atoms with Crippen LogP contribution in [0.5, 0.6) is 0 Å². The molecule has 0 bridgehead atoms. The quantitative estimate of drug-likeness (QED) is 0.903. The molecule has 2 aliphatic heterocycles. The number of thiophene rings is 1. The van der Waals surface area contributed by atoms with Crippen LogP contribution in [-0.2, 0) is 0 Å². The second kappa shape index (κ2) is 5.13. The summed E-state index contributed by atoms with van der Waals surface area (Å²) in [7, 11) is 2.24. The van der Waals surface area contributed by atoms with Crippen LogP contribution in [0.3, 0.4) is 0 Å². The Morgan fingerprint density at radius 2 is 2.21 bits per heavy atom. The summed E-state index contributed by atoms with van der Waals surface area (Å²) in [5.74, 6) is -0.0774. The summed E-state index contributed by atoms with van der Waals surface area (Å²) in [6.45, 7) is 3.35. The van der Waals surface area contributed by atoms with Gasteiger partial charge in [0, 0.05) is 19.1 Å². The molecule has 0 aromatic carbocycles. The standard InChI is InChI=1S/C14H20N2O2S/c1-15-7-2-3-10-9-16(8-6-11(10)15)13-5-4-12(19-13)14(17)18/h4-5,10-11H,2-3,6-9H2,1H3,(H,17,18). The van der Waals surface area contributed by atoms with E-state index in [1.807, 2.05) is 6.07 Å². The van der Waals surface area contributed by atoms with Crippen molar-refractivity contribution in [3.8, 4) is 0 Å². The van der Waals surface area contributed by atoms with Crippen molar-refractivity contribution in [2.45, 2.75) is 25.3 Å². The molecule has 5 heteroatoms. The molecule has 0 amide bonds. The molecule has 1 aromatic heterocycles. The third-order valence-corrected chi connectivity index (χ3v) is 5.59. The third-order valence-electron chi connectivity index (χ3n) is 4.46. The van der Waals surface area contributed by atoms with Crippen molar-refractivity contribution < 1.29 is 9.90 Å². The van der Waals surface area contributed by atoms with Crippen molar-refractivity contribution in [1.29, 1.82) is 0 Å². The molecule has 2 aliphatic rings. The lowest BCUT2D eigenvalue weighted by molar-refractivity contribution is 0.0702. The van der Waals surface area contributed by atoms with E-state index in [0.29, 0.717) is 4.88 Å². The van der Waals surface area contributed by atoms with Crippen molar-refractivity contribution >= 4 is 22.3 Å². The lowest BCUT2D eigenvalue weighted by Crippen LogP contribution is -2.52. The molecule has 2 fully saturated rings. The lowest BCUT2D eigenvalue weighted by Gasteiger charge is -2.46. The van der Waals surface area contributed by atoms with Gasteiger partial charge in [-0.05, 0) is 50.9 Å². The molecule has 1 aromatic rings. The molecular weight excluding hydrogens is 260 g/mol. The van der Waals surface area contributed by atoms with Gasteiger partial charge in [-0.1, -0.05) is 0 Å². The molecule has 0 radical (unpaired) electrons. The van der Waals surface area contributed by atoms with Crippen LogP contribution in [0.25, 0.3) is 0 Å². The Kier molecular flexibility index (Phi) is 3.50. The number of piperidine rings is 2. The topological polar surface area (TPSA) is 43.8 Å². The number of carbonyl (C=O) groups is 1. The second-order valence-electron chi connectivity index (χ2n) is 5.63. The van der Waals surface area contributed by atoms with Gasteiger partial charge in [0.15, 0.2) is 0 Å². The fourth-order valence-electron chi connectivity index (χ4n) is 3.47. The van der Waals surface area contributed by atoms with Gasteiger partial charge in [-0.15, -0.1) is 11.3 Å². The summed E-state index contributed by atoms with van der Waals surface area (Å²) >= 11 is 1.40. The molecule has 2 atom stereocenters. The summed E-state index contributed by atoms with van der Waals surface area (Å²) in [4.78, 5) is 16.3. The van der Waals surface area contributed by atoms with E-state index in [4.69, 9.17) is 5.11 Å². The zero-order chi connectivity index (χ0) is 13.4. The summed E-state index contributed by atoms with van der Waals surface area (Å²) < 4.78 is 0. The van der Waals surface area contributed by atoms with Gasteiger partial charge in [0.1, 0.15) is 4.88 Å². The van der Waals surface area contributed by atoms with Gasteiger partial charge in [-0.2, -0.15) is 0 Å². The maximum Gasteiger partial charge on any atom is 0.345 e. The molecule has 104 valence electrons. The third kappa shape index (κ3) is 2.49. The highest BCUT2D eigenvalue weighted by Gasteiger charge is 2.34. The molecule has 2 unspecified atom stereocenters. The second-order valence-corrected chi connectivity index (χ2v) is 6.69. The maximum atomic E-state index is 11.0. The zero-order valence-electron chi connectivity index (χ0n) is 11.2. The Bertz CT molecular complexity index is 474. The Morgan fingerprint density at radius 1 is 1.37 bits per heavy atom. The smallest absolute Gasteiger partial charge is 0.345 e. The Balaban J connectivity index is 1.71. The minimum absolute atomic E-state index is 0.442. The molecule has 2 saturated heterocycles. The van der Waals surface area contributed by atoms with Gasteiger partial charge in [-0.25, -0.2) is 4.79 Å². The highest BCUT2D eigenvalue weighted by Crippen LogP contribution is 2.34. The van der Waals surface area contributed by atoms with E-state index in [9.17, 15) is 4.79 Å². The Hall–Kier alpha value is -1.07. The number of hydrogen-bond donors (Lipinski definition) is 1. The van der Waals surface area contributed by atoms with Crippen LogP contribution in [0.15, 0.2) is 12.1 Å². The Labute approximate surface area is 117 Å². The van der Waals surface area contributed by atoms with Crippen molar-refractivity contribution in [2.75, 3.05) is 31.6 Å². The number of aromatic carboxylic acids is 1. The van der Waals surface area contributed by atoms with Crippen LogP contribution in [-0.4, -0.2) is 48.7 Å². The molecule has 4 nitrogen and oxygen atoms in total. The number of carboxylic acid groups (broad SMARTS) is 1. The van der Waals surface area contributed by atoms with Crippen LogP contribution >= 0.6 is 11.3 Å². The molecule has 19 heavy (non-hydrogen) atoms. The van der Waals surface area contributed by atoms with Crippen molar-refractivity contribution in [1.82, 2.24) is 4.90 Å². The van der Waals surface area contributed by atoms with E-state index in [1.165, 1.54) is 37.1 Å². The molecule has 1 N–H and O–H groups in total. The van der Waals surface area contributed by atoms with E-state index in [1.54, 1.807) is 6.07 Å². The number of likely N-dealkylation sites (tertiary alicyclic amines) is 1. The predicted molar refractivity (Wildman–Crippen MR) is 77.3 cm³/mol. The molecule has 0 saturated carbocycles. The molecule has 0 aliphatic carbocycles. The molecule has 3 heterocycles. The van der Waals surface area contributed by atoms with Crippen molar-refractivity contribution in [3.63, 3.8) is 0 Å². The first-order valence-electron chi connectivity index (χ1n) is 6.93. The number of nitrogens with zero attached hydrogens (tertiary/aromatic N) is 2. The normalized spacial score (nSPS) is 28.2. The fourth-order valence-corrected chi connectivity index (χ4v) is 4.34. The first kappa shape index (κ1) is 12.9. The summed E-state index contributed by atoms with van der Waals surface area (Å²) in [5, 5.41) is 10.1. The van der Waals surface area contributed by atoms with Gasteiger partial charge in [0.05, 0.1) is 5.00 Å². The zero-order valence-corrected chi connectivity index (χ0v) is 12.0. The van der Waals surface area contributed by atoms with E-state index in [2.05, 4.69) is 16.8 Å². The van der Waals surface area contributed by atoms with E-state index in [-0.39, 0.29) is 0 Å². The minimum Gasteiger partial charge on any atom is -0.477 e. The fraction of sp³-hybridized carbons (Fsp3) is 0.643. The molecule has 3 rings (SSSR count). The van der Waals surface area contributed by atoms with Gasteiger partial charge in [-0.3, -0.25) is 0 Å². The highest BCUT2D eigenvalue weighted by molar-refractivity contribution is 7.17. The molecular formula is C14H20N2O2S. The van der Waals surface area contributed by atoms with Gasteiger partial charge in [0.2, 0.25) is 0 Å². The van der Waals surface area contributed by atoms with Crippen LogP contribution in [0.4, 0.5) is 5.00 Å². The average Bonchev–Trinajstić information content (AvgIpc) is 2.88. The van der Waals surface area contributed by atoms with Crippen LogP contribution < -0.4 is 4.90 Å². The number of fused-ring (bicyclic) bond motifs is 1. The minimum atomic E-state index is -0.816. The predicted octanol–water partition coefficient (Wildman–Crippen LogP) is 2.37. The first-order chi connectivity index (χ1) is 9.15. The number of carboxylic acids is 1. The van der Waals surface area contributed by atoms with Gasteiger partial charge in [0.25, 0.3) is 0 Å². The number of anilines is 1. The Morgan fingerprint density at radius 3 is 2.95 bits per heavy atom. The lowest BCUT2D eigenvalue weighted by atomic mass is 9.84. The van der Waals surface area contributed by atoms with Gasteiger partial charge < -0.3 is 14.9 Å². The van der Waals surface area contributed by atoms with Crippen LogP contribution in [0.1, 0.15) is 28.9 Å². The maximum absolute atomic E-state index is 11.0. The van der Waals surface area contributed by atoms with E-state index < -0.39 is 5.97 Å². The SMILES string of the molecule is CN1CCCC2CN(c3ccc(C(=O)O)s3)CCC21. The summed E-state index contributed by atoms with van der Waals surface area (Å²) in [6, 6.07) is 4.41. The van der Waals surface area contributed by atoms with E-state index in [0.717, 1.165) is 30.1 Å².